The third-order valence-electron chi connectivity index (χ3n) is 5.14. The molecule has 1 fully saturated rings. The van der Waals surface area contributed by atoms with E-state index < -0.39 is 0 Å². The number of nitrogens with one attached hydrogen (secondary N) is 2. The number of aromatic nitrogens is 1. The quantitative estimate of drug-likeness (QED) is 0.623. The normalized spacial score (nSPS) is 16.1. The van der Waals surface area contributed by atoms with Crippen molar-refractivity contribution in [3.63, 3.8) is 0 Å². The molecule has 1 aliphatic rings. The second kappa shape index (κ2) is 8.44. The summed E-state index contributed by atoms with van der Waals surface area (Å²) in [5, 5.41) is 7.08. The van der Waals surface area contributed by atoms with Crippen LogP contribution in [-0.2, 0) is 5.41 Å². The first-order chi connectivity index (χ1) is 12.5. The minimum absolute atomic E-state index is 0.000745. The zero-order chi connectivity index (χ0) is 18.6. The van der Waals surface area contributed by atoms with Crippen LogP contribution in [0.5, 0.6) is 0 Å². The Bertz CT molecular complexity index is 773. The summed E-state index contributed by atoms with van der Waals surface area (Å²) in [6.07, 6.45) is 7.57. The minimum Gasteiger partial charge on any atom is -0.362 e. The van der Waals surface area contributed by atoms with Gasteiger partial charge in [0, 0.05) is 22.6 Å². The second-order valence-corrected chi connectivity index (χ2v) is 8.24. The molecule has 0 unspecified atom stereocenters. The van der Waals surface area contributed by atoms with Crippen LogP contribution in [-0.4, -0.2) is 16.6 Å². The first-order valence-corrected chi connectivity index (χ1v) is 10.1. The summed E-state index contributed by atoms with van der Waals surface area (Å²) in [5.74, 6) is 0.532. The number of pyridine rings is 1. The molecule has 1 aromatic carbocycles. The first-order valence-electron chi connectivity index (χ1n) is 8.92. The van der Waals surface area contributed by atoms with Gasteiger partial charge in [-0.2, -0.15) is 0 Å². The predicted molar refractivity (Wildman–Crippen MR) is 112 cm³/mol. The molecule has 1 saturated carbocycles. The number of thiocarbonyl (C=S) groups is 1. The lowest BCUT2D eigenvalue weighted by Gasteiger charge is -2.38. The fourth-order valence-corrected chi connectivity index (χ4v) is 4.01. The standard InChI is InChI=1S/C20H23BrFN3S/c1-14-11-18(23-12-17(14)21)25-19(26)24-13-20(9-3-2-4-10-20)15-5-7-16(22)8-6-15/h5-8,11-12H,2-4,9-10,13H2,1H3,(H2,23,24,25,26). The fourth-order valence-electron chi connectivity index (χ4n) is 3.62. The van der Waals surface area contributed by atoms with Crippen LogP contribution < -0.4 is 10.6 Å². The van der Waals surface area contributed by atoms with E-state index in [0.717, 1.165) is 35.2 Å². The van der Waals surface area contributed by atoms with Crippen LogP contribution in [0.25, 0.3) is 0 Å². The van der Waals surface area contributed by atoms with Crippen LogP contribution in [0.4, 0.5) is 10.2 Å². The summed E-state index contributed by atoms with van der Waals surface area (Å²) in [7, 11) is 0. The van der Waals surface area contributed by atoms with Gasteiger partial charge in [-0.05, 0) is 77.2 Å². The van der Waals surface area contributed by atoms with Crippen molar-refractivity contribution < 1.29 is 4.39 Å². The number of hydrogen-bond donors (Lipinski definition) is 2. The molecule has 2 aromatic rings. The Morgan fingerprint density at radius 1 is 1.23 bits per heavy atom. The zero-order valence-corrected chi connectivity index (χ0v) is 17.2. The van der Waals surface area contributed by atoms with Gasteiger partial charge in [0.05, 0.1) is 0 Å². The molecular formula is C20H23BrFN3S. The summed E-state index contributed by atoms with van der Waals surface area (Å²) in [6, 6.07) is 8.89. The van der Waals surface area contributed by atoms with E-state index in [-0.39, 0.29) is 11.2 Å². The molecule has 2 N–H and O–H groups in total. The predicted octanol–water partition coefficient (Wildman–Crippen LogP) is 5.48. The average Bonchev–Trinajstić information content (AvgIpc) is 2.64. The molecule has 3 nitrogen and oxygen atoms in total. The number of nitrogens with zero attached hydrogens (tertiary/aromatic N) is 1. The van der Waals surface area contributed by atoms with E-state index >= 15 is 0 Å². The molecule has 0 bridgehead atoms. The summed E-state index contributed by atoms with van der Waals surface area (Å²) >= 11 is 8.92. The van der Waals surface area contributed by atoms with Gasteiger partial charge in [0.1, 0.15) is 11.6 Å². The number of aryl methyl sites for hydroxylation is 1. The summed E-state index contributed by atoms with van der Waals surface area (Å²) < 4.78 is 14.3. The van der Waals surface area contributed by atoms with Crippen molar-refractivity contribution in [1.82, 2.24) is 10.3 Å². The highest BCUT2D eigenvalue weighted by Gasteiger charge is 2.34. The van der Waals surface area contributed by atoms with Gasteiger partial charge in [-0.3, -0.25) is 0 Å². The van der Waals surface area contributed by atoms with E-state index in [1.54, 1.807) is 18.3 Å². The van der Waals surface area contributed by atoms with E-state index in [9.17, 15) is 4.39 Å². The van der Waals surface area contributed by atoms with Crippen molar-refractivity contribution in [2.45, 2.75) is 44.4 Å². The van der Waals surface area contributed by atoms with Gasteiger partial charge < -0.3 is 10.6 Å². The number of benzene rings is 1. The minimum atomic E-state index is -0.193. The molecule has 0 radical (unpaired) electrons. The van der Waals surface area contributed by atoms with E-state index in [1.165, 1.54) is 24.8 Å². The molecular weight excluding hydrogens is 413 g/mol. The zero-order valence-electron chi connectivity index (χ0n) is 14.8. The lowest BCUT2D eigenvalue weighted by molar-refractivity contribution is 0.292. The molecule has 0 aliphatic heterocycles. The molecule has 3 rings (SSSR count). The Kier molecular flexibility index (Phi) is 6.24. The molecule has 1 aromatic heterocycles. The second-order valence-electron chi connectivity index (χ2n) is 6.97. The Hall–Kier alpha value is -1.53. The maximum atomic E-state index is 13.3. The maximum Gasteiger partial charge on any atom is 0.171 e. The molecule has 26 heavy (non-hydrogen) atoms. The summed E-state index contributed by atoms with van der Waals surface area (Å²) in [4.78, 5) is 4.33. The highest BCUT2D eigenvalue weighted by atomic mass is 79.9. The van der Waals surface area contributed by atoms with Crippen LogP contribution in [0, 0.1) is 12.7 Å². The van der Waals surface area contributed by atoms with Gasteiger partial charge in [0.15, 0.2) is 5.11 Å². The third-order valence-corrected chi connectivity index (χ3v) is 6.22. The summed E-state index contributed by atoms with van der Waals surface area (Å²) in [5.41, 5.74) is 2.28. The van der Waals surface area contributed by atoms with Gasteiger partial charge in [0.25, 0.3) is 0 Å². The van der Waals surface area contributed by atoms with Crippen LogP contribution in [0.2, 0.25) is 0 Å². The number of anilines is 1. The van der Waals surface area contributed by atoms with Crippen LogP contribution in [0.1, 0.15) is 43.2 Å². The Labute approximate surface area is 167 Å². The largest absolute Gasteiger partial charge is 0.362 e. The lowest BCUT2D eigenvalue weighted by atomic mass is 9.69. The topological polar surface area (TPSA) is 37.0 Å². The Balaban J connectivity index is 1.68. The molecule has 0 atom stereocenters. The highest BCUT2D eigenvalue weighted by molar-refractivity contribution is 9.10. The third kappa shape index (κ3) is 4.60. The Morgan fingerprint density at radius 2 is 1.92 bits per heavy atom. The van der Waals surface area contributed by atoms with Crippen molar-refractivity contribution in [3.05, 3.63) is 57.9 Å². The van der Waals surface area contributed by atoms with E-state index in [4.69, 9.17) is 12.2 Å². The van der Waals surface area contributed by atoms with Crippen molar-refractivity contribution in [3.8, 4) is 0 Å². The molecule has 1 aliphatic carbocycles. The molecule has 1 heterocycles. The van der Waals surface area contributed by atoms with Crippen molar-refractivity contribution in [2.24, 2.45) is 0 Å². The van der Waals surface area contributed by atoms with E-state index in [2.05, 4.69) is 31.5 Å². The highest BCUT2D eigenvalue weighted by Crippen LogP contribution is 2.39. The SMILES string of the molecule is Cc1cc(NC(=S)NCC2(c3ccc(F)cc3)CCCCC2)ncc1Br. The monoisotopic (exact) mass is 435 g/mol. The fraction of sp³-hybridized carbons (Fsp3) is 0.400. The average molecular weight is 436 g/mol. The van der Waals surface area contributed by atoms with Crippen LogP contribution in [0.3, 0.4) is 0 Å². The van der Waals surface area contributed by atoms with Crippen molar-refractivity contribution in [1.29, 1.82) is 0 Å². The maximum absolute atomic E-state index is 13.3. The van der Waals surface area contributed by atoms with E-state index in [1.807, 2.05) is 25.1 Å². The van der Waals surface area contributed by atoms with Crippen molar-refractivity contribution >= 4 is 39.1 Å². The number of rotatable bonds is 4. The molecule has 0 amide bonds. The number of hydrogen-bond acceptors (Lipinski definition) is 2. The molecule has 0 spiro atoms. The van der Waals surface area contributed by atoms with Gasteiger partial charge >= 0.3 is 0 Å². The van der Waals surface area contributed by atoms with Crippen LogP contribution >= 0.6 is 28.1 Å². The van der Waals surface area contributed by atoms with Gasteiger partial charge in [-0.1, -0.05) is 31.4 Å². The smallest absolute Gasteiger partial charge is 0.171 e. The van der Waals surface area contributed by atoms with Crippen molar-refractivity contribution in [2.75, 3.05) is 11.9 Å². The number of halogens is 2. The van der Waals surface area contributed by atoms with Crippen LogP contribution in [0.15, 0.2) is 41.0 Å². The first kappa shape index (κ1) is 19.2. The molecule has 138 valence electrons. The lowest BCUT2D eigenvalue weighted by Crippen LogP contribution is -2.43. The van der Waals surface area contributed by atoms with Gasteiger partial charge in [-0.25, -0.2) is 9.37 Å². The molecule has 6 heteroatoms. The Morgan fingerprint density at radius 3 is 2.58 bits per heavy atom. The van der Waals surface area contributed by atoms with Gasteiger partial charge in [-0.15, -0.1) is 0 Å². The van der Waals surface area contributed by atoms with E-state index in [0.29, 0.717) is 5.11 Å². The summed E-state index contributed by atoms with van der Waals surface area (Å²) in [6.45, 7) is 2.75. The molecule has 0 saturated heterocycles. The van der Waals surface area contributed by atoms with Gasteiger partial charge in [0.2, 0.25) is 0 Å².